The third-order valence-electron chi connectivity index (χ3n) is 3.87. The topological polar surface area (TPSA) is 134 Å². The molecule has 2 aliphatic rings. The molecule has 11 heteroatoms. The van der Waals surface area contributed by atoms with Crippen LogP contribution in [0.25, 0.3) is 0 Å². The normalized spacial score (nSPS) is 31.5. The van der Waals surface area contributed by atoms with Gasteiger partial charge in [-0.15, -0.1) is 0 Å². The number of nitro groups is 1. The van der Waals surface area contributed by atoms with Crippen LogP contribution in [0.5, 0.6) is 0 Å². The van der Waals surface area contributed by atoms with Gasteiger partial charge in [0.2, 0.25) is 0 Å². The van der Waals surface area contributed by atoms with Crippen LogP contribution in [0.1, 0.15) is 13.8 Å². The molecule has 2 heterocycles. The highest BCUT2D eigenvalue weighted by atomic mass is 32.2. The van der Waals surface area contributed by atoms with E-state index in [-0.39, 0.29) is 17.2 Å². The number of non-ortho nitro benzene ring substituents is 1. The Kier molecular flexibility index (Phi) is 4.56. The van der Waals surface area contributed by atoms with Crippen LogP contribution in [0.3, 0.4) is 0 Å². The second-order valence-corrected chi connectivity index (χ2v) is 7.70. The average molecular weight is 375 g/mol. The molecule has 10 nitrogen and oxygen atoms in total. The van der Waals surface area contributed by atoms with Crippen molar-refractivity contribution in [3.8, 4) is 0 Å². The molecule has 0 aliphatic carbocycles. The number of ether oxygens (including phenoxy) is 3. The molecule has 0 amide bonds. The largest absolute Gasteiger partial charge is 0.366 e. The predicted molar refractivity (Wildman–Crippen MR) is 80.9 cm³/mol. The summed E-state index contributed by atoms with van der Waals surface area (Å²) in [4.78, 5) is 9.73. The van der Waals surface area contributed by atoms with Crippen molar-refractivity contribution in [3.05, 3.63) is 34.4 Å². The van der Waals surface area contributed by atoms with Gasteiger partial charge < -0.3 is 19.3 Å². The maximum Gasteiger partial charge on any atom is 0.297 e. The molecule has 0 bridgehead atoms. The number of hydrogen-bond donors (Lipinski definition) is 1. The Hall–Kier alpha value is -1.63. The molecular weight excluding hydrogens is 358 g/mol. The van der Waals surface area contributed by atoms with Gasteiger partial charge in [-0.3, -0.25) is 14.3 Å². The number of aliphatic hydroxyl groups is 1. The fraction of sp³-hybridized carbons (Fsp3) is 0.571. The lowest BCUT2D eigenvalue weighted by atomic mass is 10.1. The molecule has 25 heavy (non-hydrogen) atoms. The van der Waals surface area contributed by atoms with Gasteiger partial charge in [-0.05, 0) is 26.0 Å². The highest BCUT2D eigenvalue weighted by molar-refractivity contribution is 7.86. The molecule has 1 N–H and O–H groups in total. The summed E-state index contributed by atoms with van der Waals surface area (Å²) in [5, 5.41) is 20.6. The van der Waals surface area contributed by atoms with Gasteiger partial charge in [0, 0.05) is 12.1 Å². The van der Waals surface area contributed by atoms with E-state index in [9.17, 15) is 23.6 Å². The lowest BCUT2D eigenvalue weighted by Crippen LogP contribution is -2.51. The molecule has 4 atom stereocenters. The van der Waals surface area contributed by atoms with Gasteiger partial charge in [-0.2, -0.15) is 8.42 Å². The van der Waals surface area contributed by atoms with Crippen molar-refractivity contribution in [1.29, 1.82) is 0 Å². The summed E-state index contributed by atoms with van der Waals surface area (Å²) in [6.45, 7) is 3.41. The summed E-state index contributed by atoms with van der Waals surface area (Å²) < 4.78 is 46.2. The van der Waals surface area contributed by atoms with E-state index in [1.165, 1.54) is 0 Å². The first kappa shape index (κ1) is 18.2. The van der Waals surface area contributed by atoms with E-state index in [2.05, 4.69) is 0 Å². The number of benzene rings is 1. The number of aliphatic hydroxyl groups excluding tert-OH is 1. The Labute approximate surface area is 143 Å². The lowest BCUT2D eigenvalue weighted by molar-refractivity contribution is -0.384. The van der Waals surface area contributed by atoms with E-state index in [1.54, 1.807) is 13.8 Å². The maximum absolute atomic E-state index is 12.4. The van der Waals surface area contributed by atoms with Gasteiger partial charge in [0.1, 0.15) is 12.2 Å². The summed E-state index contributed by atoms with van der Waals surface area (Å²) in [5.74, 6) is -0.979. The third-order valence-corrected chi connectivity index (χ3v) is 5.20. The van der Waals surface area contributed by atoms with Crippen LogP contribution in [0, 0.1) is 10.1 Å². The van der Waals surface area contributed by atoms with Crippen LogP contribution in [0.4, 0.5) is 5.69 Å². The van der Waals surface area contributed by atoms with Crippen LogP contribution in [0.15, 0.2) is 29.2 Å². The monoisotopic (exact) mass is 375 g/mol. The summed E-state index contributed by atoms with van der Waals surface area (Å²) in [5.41, 5.74) is -0.252. The molecular formula is C14H17NO9S. The molecule has 0 saturated carbocycles. The minimum absolute atomic E-state index is 0.117. The highest BCUT2D eigenvalue weighted by Gasteiger charge is 2.53. The lowest BCUT2D eigenvalue weighted by Gasteiger charge is -2.38. The molecule has 3 rings (SSSR count). The molecule has 1 aromatic carbocycles. The predicted octanol–water partition coefficient (Wildman–Crippen LogP) is 0.537. The molecule has 2 fully saturated rings. The Morgan fingerprint density at radius 1 is 1.32 bits per heavy atom. The van der Waals surface area contributed by atoms with Crippen LogP contribution >= 0.6 is 0 Å². The third kappa shape index (κ3) is 3.66. The minimum Gasteiger partial charge on any atom is -0.366 e. The van der Waals surface area contributed by atoms with Gasteiger partial charge in [0.05, 0.1) is 16.4 Å². The van der Waals surface area contributed by atoms with Crippen molar-refractivity contribution < 1.29 is 36.8 Å². The van der Waals surface area contributed by atoms with Crippen molar-refractivity contribution in [2.24, 2.45) is 0 Å². The Morgan fingerprint density at radius 3 is 2.56 bits per heavy atom. The van der Waals surface area contributed by atoms with Gasteiger partial charge in [-0.1, -0.05) is 0 Å². The van der Waals surface area contributed by atoms with Gasteiger partial charge >= 0.3 is 0 Å². The zero-order valence-electron chi connectivity index (χ0n) is 13.4. The van der Waals surface area contributed by atoms with E-state index in [0.717, 1.165) is 24.3 Å². The smallest absolute Gasteiger partial charge is 0.297 e. The van der Waals surface area contributed by atoms with Crippen molar-refractivity contribution in [2.45, 2.75) is 49.1 Å². The molecule has 0 radical (unpaired) electrons. The van der Waals surface area contributed by atoms with Crippen molar-refractivity contribution in [3.63, 3.8) is 0 Å². The van der Waals surface area contributed by atoms with E-state index in [4.69, 9.17) is 18.4 Å². The molecule has 2 aliphatic heterocycles. The fourth-order valence-corrected chi connectivity index (χ4v) is 3.75. The first-order chi connectivity index (χ1) is 11.6. The van der Waals surface area contributed by atoms with Crippen molar-refractivity contribution in [1.82, 2.24) is 0 Å². The number of nitro benzene ring substituents is 1. The molecule has 0 spiro atoms. The minimum atomic E-state index is -4.29. The van der Waals surface area contributed by atoms with Crippen LogP contribution in [0.2, 0.25) is 0 Å². The Bertz CT molecular complexity index is 761. The summed E-state index contributed by atoms with van der Waals surface area (Å²) >= 11 is 0. The number of fused-ring (bicyclic) bond motifs is 1. The van der Waals surface area contributed by atoms with Crippen molar-refractivity contribution >= 4 is 15.8 Å². The summed E-state index contributed by atoms with van der Waals surface area (Å²) in [6, 6.07) is 4.22. The van der Waals surface area contributed by atoms with E-state index < -0.39 is 45.4 Å². The van der Waals surface area contributed by atoms with Crippen molar-refractivity contribution in [2.75, 3.05) is 6.61 Å². The Balaban J connectivity index is 1.80. The molecule has 0 aromatic heterocycles. The van der Waals surface area contributed by atoms with E-state index in [0.29, 0.717) is 0 Å². The van der Waals surface area contributed by atoms with Gasteiger partial charge in [0.25, 0.3) is 15.8 Å². The molecule has 138 valence electrons. The van der Waals surface area contributed by atoms with Crippen LogP contribution in [-0.4, -0.2) is 55.4 Å². The number of rotatable bonds is 4. The van der Waals surface area contributed by atoms with E-state index in [1.807, 2.05) is 0 Å². The summed E-state index contributed by atoms with van der Waals surface area (Å²) in [6.07, 6.45) is -4.31. The number of nitrogens with zero attached hydrogens (tertiary/aromatic N) is 1. The molecule has 0 unspecified atom stereocenters. The maximum atomic E-state index is 12.4. The average Bonchev–Trinajstić information content (AvgIpc) is 2.82. The SMILES string of the molecule is CC1(C)OC[C@H]2O[C@@H](O)[C@@H](OS(=O)(=O)c3ccc([N+](=O)[O-])cc3)[C@@H]2O1. The first-order valence-corrected chi connectivity index (χ1v) is 8.83. The fourth-order valence-electron chi connectivity index (χ4n) is 2.67. The summed E-state index contributed by atoms with van der Waals surface area (Å²) in [7, 11) is -4.29. The van der Waals surface area contributed by atoms with Crippen LogP contribution in [-0.2, 0) is 28.5 Å². The molecule has 2 saturated heterocycles. The van der Waals surface area contributed by atoms with Gasteiger partial charge in [-0.25, -0.2) is 0 Å². The van der Waals surface area contributed by atoms with Crippen LogP contribution < -0.4 is 0 Å². The second-order valence-electron chi connectivity index (χ2n) is 6.12. The zero-order valence-corrected chi connectivity index (χ0v) is 14.2. The highest BCUT2D eigenvalue weighted by Crippen LogP contribution is 2.35. The number of hydrogen-bond acceptors (Lipinski definition) is 9. The zero-order chi connectivity index (χ0) is 18.4. The second kappa shape index (κ2) is 6.27. The first-order valence-electron chi connectivity index (χ1n) is 7.42. The quantitative estimate of drug-likeness (QED) is 0.454. The molecule has 1 aromatic rings. The van der Waals surface area contributed by atoms with Gasteiger partial charge in [0.15, 0.2) is 18.2 Å². The standard InChI is InChI=1S/C14H17NO9S/c1-14(2)21-7-10-11(23-14)12(13(16)22-10)24-25(19,20)9-5-3-8(4-6-9)15(17)18/h3-6,10-13,16H,7H2,1-2H3/t10-,11-,12+,13-/m1/s1. The van der Waals surface area contributed by atoms with E-state index >= 15 is 0 Å². The Morgan fingerprint density at radius 2 is 1.96 bits per heavy atom.